The van der Waals surface area contributed by atoms with E-state index in [-0.39, 0.29) is 12.0 Å². The first-order valence-electron chi connectivity index (χ1n) is 7.32. The number of carbonyl (C=O) groups excluding carboxylic acids is 1. The van der Waals surface area contributed by atoms with Crippen LogP contribution in [0.2, 0.25) is 0 Å². The summed E-state index contributed by atoms with van der Waals surface area (Å²) in [4.78, 5) is 13.9. The van der Waals surface area contributed by atoms with E-state index in [9.17, 15) is 4.79 Å². The van der Waals surface area contributed by atoms with Crippen molar-refractivity contribution in [2.75, 3.05) is 33.3 Å². The van der Waals surface area contributed by atoms with Crippen LogP contribution in [0.4, 0.5) is 0 Å². The van der Waals surface area contributed by atoms with Gasteiger partial charge in [-0.15, -0.1) is 0 Å². The van der Waals surface area contributed by atoms with Crippen LogP contribution in [0, 0.1) is 5.92 Å². The Labute approximate surface area is 110 Å². The molecule has 4 heteroatoms. The summed E-state index contributed by atoms with van der Waals surface area (Å²) in [6.45, 7) is 4.00. The summed E-state index contributed by atoms with van der Waals surface area (Å²) in [5.74, 6) is 1.04. The Hall–Kier alpha value is -0.610. The van der Waals surface area contributed by atoms with Gasteiger partial charge in [0.25, 0.3) is 0 Å². The average molecular weight is 254 g/mol. The average Bonchev–Trinajstić information content (AvgIpc) is 2.90. The van der Waals surface area contributed by atoms with Gasteiger partial charge in [-0.25, -0.2) is 0 Å². The van der Waals surface area contributed by atoms with Crippen molar-refractivity contribution in [2.45, 2.75) is 44.6 Å². The molecule has 0 saturated carbocycles. The maximum Gasteiger partial charge on any atom is 0.224 e. The summed E-state index contributed by atoms with van der Waals surface area (Å²) in [5, 5.41) is 3.38. The normalized spacial score (nSPS) is 25.3. The molecule has 0 aromatic carbocycles. The lowest BCUT2D eigenvalue weighted by atomic mass is 9.94. The third-order valence-electron chi connectivity index (χ3n) is 4.18. The summed E-state index contributed by atoms with van der Waals surface area (Å²) in [6.07, 6.45) is 6.57. The van der Waals surface area contributed by atoms with Gasteiger partial charge in [-0.05, 0) is 51.1 Å². The van der Waals surface area contributed by atoms with Gasteiger partial charge in [-0.2, -0.15) is 0 Å². The predicted molar refractivity (Wildman–Crippen MR) is 71.4 cm³/mol. The second-order valence-electron chi connectivity index (χ2n) is 5.64. The van der Waals surface area contributed by atoms with E-state index < -0.39 is 0 Å². The fraction of sp³-hybridized carbons (Fsp3) is 0.929. The summed E-state index contributed by atoms with van der Waals surface area (Å²) < 4.78 is 5.51. The maximum absolute atomic E-state index is 12.0. The molecular formula is C14H26N2O2. The Bertz CT molecular complexity index is 259. The van der Waals surface area contributed by atoms with Crippen LogP contribution in [-0.4, -0.2) is 50.2 Å². The second-order valence-corrected chi connectivity index (χ2v) is 5.64. The first-order chi connectivity index (χ1) is 8.75. The van der Waals surface area contributed by atoms with E-state index >= 15 is 0 Å². The predicted octanol–water partition coefficient (Wildman–Crippen LogP) is 1.40. The number of hydrogen-bond donors (Lipinski definition) is 1. The second kappa shape index (κ2) is 7.10. The number of rotatable bonds is 5. The molecule has 0 aromatic heterocycles. The van der Waals surface area contributed by atoms with Gasteiger partial charge in [0.05, 0.1) is 12.5 Å². The summed E-state index contributed by atoms with van der Waals surface area (Å²) in [7, 11) is 1.93. The smallest absolute Gasteiger partial charge is 0.224 e. The molecule has 2 fully saturated rings. The van der Waals surface area contributed by atoms with Crippen LogP contribution in [0.1, 0.15) is 38.5 Å². The molecule has 1 unspecified atom stereocenters. The third-order valence-corrected chi connectivity index (χ3v) is 4.18. The van der Waals surface area contributed by atoms with Crippen LogP contribution < -0.4 is 5.32 Å². The SMILES string of the molecule is CN(CCC1CCNCC1)C(=O)CC1CCCO1. The highest BCUT2D eigenvalue weighted by Gasteiger charge is 2.21. The lowest BCUT2D eigenvalue weighted by molar-refractivity contribution is -0.132. The first-order valence-corrected chi connectivity index (χ1v) is 7.32. The van der Waals surface area contributed by atoms with Crippen molar-refractivity contribution in [1.82, 2.24) is 10.2 Å². The minimum absolute atomic E-state index is 0.179. The van der Waals surface area contributed by atoms with Crippen LogP contribution in [-0.2, 0) is 9.53 Å². The summed E-state index contributed by atoms with van der Waals surface area (Å²) in [6, 6.07) is 0. The molecule has 2 heterocycles. The number of carbonyl (C=O) groups is 1. The molecule has 2 aliphatic heterocycles. The zero-order chi connectivity index (χ0) is 12.8. The molecule has 104 valence electrons. The zero-order valence-corrected chi connectivity index (χ0v) is 11.5. The van der Waals surface area contributed by atoms with Crippen LogP contribution in [0.15, 0.2) is 0 Å². The van der Waals surface area contributed by atoms with Crippen molar-refractivity contribution in [3.63, 3.8) is 0 Å². The molecule has 2 rings (SSSR count). The number of nitrogens with one attached hydrogen (secondary N) is 1. The number of nitrogens with zero attached hydrogens (tertiary/aromatic N) is 1. The van der Waals surface area contributed by atoms with Crippen LogP contribution in [0.25, 0.3) is 0 Å². The van der Waals surface area contributed by atoms with Crippen LogP contribution in [0.3, 0.4) is 0 Å². The van der Waals surface area contributed by atoms with E-state index in [1.165, 1.54) is 12.8 Å². The quantitative estimate of drug-likeness (QED) is 0.806. The highest BCUT2D eigenvalue weighted by molar-refractivity contribution is 5.76. The molecule has 4 nitrogen and oxygen atoms in total. The molecule has 0 bridgehead atoms. The minimum Gasteiger partial charge on any atom is -0.378 e. The Morgan fingerprint density at radius 1 is 1.33 bits per heavy atom. The largest absolute Gasteiger partial charge is 0.378 e. The van der Waals surface area contributed by atoms with Crippen molar-refractivity contribution in [3.8, 4) is 0 Å². The molecule has 0 spiro atoms. The standard InChI is InChI=1S/C14H26N2O2/c1-16(9-6-12-4-7-15-8-5-12)14(17)11-13-3-2-10-18-13/h12-13,15H,2-11H2,1H3. The molecule has 18 heavy (non-hydrogen) atoms. The third kappa shape index (κ3) is 4.25. The van der Waals surface area contributed by atoms with Gasteiger partial charge in [0.15, 0.2) is 0 Å². The van der Waals surface area contributed by atoms with Gasteiger partial charge < -0.3 is 15.0 Å². The fourth-order valence-electron chi connectivity index (χ4n) is 2.83. The highest BCUT2D eigenvalue weighted by atomic mass is 16.5. The number of amides is 1. The molecule has 1 atom stereocenters. The van der Waals surface area contributed by atoms with Gasteiger partial charge in [-0.3, -0.25) is 4.79 Å². The van der Waals surface area contributed by atoms with E-state index in [0.29, 0.717) is 6.42 Å². The van der Waals surface area contributed by atoms with Gasteiger partial charge in [0.2, 0.25) is 5.91 Å². The summed E-state index contributed by atoms with van der Waals surface area (Å²) >= 11 is 0. The lowest BCUT2D eigenvalue weighted by Crippen LogP contribution is -2.33. The van der Waals surface area contributed by atoms with Crippen molar-refractivity contribution in [1.29, 1.82) is 0 Å². The van der Waals surface area contributed by atoms with Crippen molar-refractivity contribution in [2.24, 2.45) is 5.92 Å². The maximum atomic E-state index is 12.0. The Morgan fingerprint density at radius 2 is 2.11 bits per heavy atom. The van der Waals surface area contributed by atoms with Crippen LogP contribution >= 0.6 is 0 Å². The van der Waals surface area contributed by atoms with Gasteiger partial charge in [-0.1, -0.05) is 0 Å². The lowest BCUT2D eigenvalue weighted by Gasteiger charge is -2.25. The van der Waals surface area contributed by atoms with Gasteiger partial charge in [0.1, 0.15) is 0 Å². The van der Waals surface area contributed by atoms with Crippen LogP contribution in [0.5, 0.6) is 0 Å². The number of ether oxygens (including phenoxy) is 1. The van der Waals surface area contributed by atoms with E-state index in [0.717, 1.165) is 51.4 Å². The Morgan fingerprint density at radius 3 is 2.78 bits per heavy atom. The molecule has 0 aromatic rings. The van der Waals surface area contributed by atoms with E-state index in [4.69, 9.17) is 4.74 Å². The molecule has 1 amide bonds. The van der Waals surface area contributed by atoms with E-state index in [1.54, 1.807) is 0 Å². The van der Waals surface area contributed by atoms with Gasteiger partial charge >= 0.3 is 0 Å². The number of hydrogen-bond acceptors (Lipinski definition) is 3. The topological polar surface area (TPSA) is 41.6 Å². The van der Waals surface area contributed by atoms with Crippen molar-refractivity contribution in [3.05, 3.63) is 0 Å². The zero-order valence-electron chi connectivity index (χ0n) is 11.5. The van der Waals surface area contributed by atoms with Crippen molar-refractivity contribution < 1.29 is 9.53 Å². The molecule has 2 aliphatic rings. The highest BCUT2D eigenvalue weighted by Crippen LogP contribution is 2.18. The Balaban J connectivity index is 1.63. The van der Waals surface area contributed by atoms with Crippen molar-refractivity contribution >= 4 is 5.91 Å². The Kier molecular flexibility index (Phi) is 5.45. The summed E-state index contributed by atoms with van der Waals surface area (Å²) in [5.41, 5.74) is 0. The first kappa shape index (κ1) is 13.8. The minimum atomic E-state index is 0.179. The molecule has 1 N–H and O–H groups in total. The van der Waals surface area contributed by atoms with Gasteiger partial charge in [0, 0.05) is 20.2 Å². The molecule has 0 aliphatic carbocycles. The molecular weight excluding hydrogens is 228 g/mol. The number of piperidine rings is 1. The molecule has 2 saturated heterocycles. The monoisotopic (exact) mass is 254 g/mol. The fourth-order valence-corrected chi connectivity index (χ4v) is 2.83. The van der Waals surface area contributed by atoms with E-state index in [2.05, 4.69) is 5.32 Å². The molecule has 0 radical (unpaired) electrons. The van der Waals surface area contributed by atoms with E-state index in [1.807, 2.05) is 11.9 Å².